The molecular weight excluding hydrogens is 389 g/mol. The van der Waals surface area contributed by atoms with Crippen LogP contribution < -0.4 is 13.9 Å². The maximum absolute atomic E-state index is 13.8. The molecule has 148 valence electrons. The molecule has 0 amide bonds. The van der Waals surface area contributed by atoms with Gasteiger partial charge < -0.3 is 5.32 Å². The van der Waals surface area contributed by atoms with Crippen molar-refractivity contribution in [3.05, 3.63) is 59.9 Å². The zero-order valence-corrected chi connectivity index (χ0v) is 17.2. The van der Waals surface area contributed by atoms with Crippen molar-refractivity contribution >= 4 is 34.0 Å². The fraction of sp³-hybridized carbons (Fsp3) is 0.368. The highest BCUT2D eigenvalue weighted by molar-refractivity contribution is 7.94. The van der Waals surface area contributed by atoms with Gasteiger partial charge in [-0.25, -0.2) is 13.0 Å². The highest BCUT2D eigenvalue weighted by Gasteiger charge is 2.45. The molecule has 8 heteroatoms. The van der Waals surface area contributed by atoms with Gasteiger partial charge in [0.05, 0.1) is 17.4 Å². The van der Waals surface area contributed by atoms with Gasteiger partial charge in [0.1, 0.15) is 5.82 Å². The first-order valence-electron chi connectivity index (χ1n) is 8.70. The summed E-state index contributed by atoms with van der Waals surface area (Å²) in [5, 5.41) is 3.06. The van der Waals surface area contributed by atoms with Gasteiger partial charge in [-0.2, -0.15) is 8.42 Å². The number of benzene rings is 2. The molecule has 0 spiro atoms. The first-order chi connectivity index (χ1) is 12.4. The van der Waals surface area contributed by atoms with Crippen molar-refractivity contribution in [1.29, 1.82) is 0 Å². The third kappa shape index (κ3) is 3.90. The van der Waals surface area contributed by atoms with E-state index < -0.39 is 16.3 Å². The van der Waals surface area contributed by atoms with E-state index in [1.807, 2.05) is 39.1 Å². The predicted octanol–water partition coefficient (Wildman–Crippen LogP) is 3.88. The zero-order valence-electron chi connectivity index (χ0n) is 15.6. The van der Waals surface area contributed by atoms with Gasteiger partial charge in [0.25, 0.3) is 0 Å². The van der Waals surface area contributed by atoms with Crippen LogP contribution in [0.5, 0.6) is 0 Å². The van der Waals surface area contributed by atoms with Crippen molar-refractivity contribution in [1.82, 2.24) is 5.32 Å². The van der Waals surface area contributed by atoms with Crippen LogP contribution in [-0.4, -0.2) is 28.1 Å². The second kappa shape index (κ2) is 8.46. The van der Waals surface area contributed by atoms with Crippen molar-refractivity contribution in [2.45, 2.75) is 32.4 Å². The van der Waals surface area contributed by atoms with Gasteiger partial charge in [-0.3, -0.25) is 0 Å². The number of nitrogens with one attached hydrogen (secondary N) is 1. The molecule has 0 saturated heterocycles. The van der Waals surface area contributed by atoms with Gasteiger partial charge in [0.2, 0.25) is 0 Å². The minimum absolute atomic E-state index is 0. The summed E-state index contributed by atoms with van der Waals surface area (Å²) in [4.78, 5) is 0. The lowest BCUT2D eigenvalue weighted by Gasteiger charge is -2.31. The Kier molecular flexibility index (Phi) is 6.72. The van der Waals surface area contributed by atoms with Crippen LogP contribution in [0.3, 0.4) is 0 Å². The largest absolute Gasteiger partial charge is 0.327 e. The Morgan fingerprint density at radius 1 is 1.04 bits per heavy atom. The second-order valence-corrected chi connectivity index (χ2v) is 8.33. The van der Waals surface area contributed by atoms with E-state index in [0.29, 0.717) is 29.9 Å². The highest BCUT2D eigenvalue weighted by Crippen LogP contribution is 2.47. The molecule has 27 heavy (non-hydrogen) atoms. The van der Waals surface area contributed by atoms with Crippen molar-refractivity contribution in [3.8, 4) is 0 Å². The summed E-state index contributed by atoms with van der Waals surface area (Å²) in [7, 11) is -1.95. The molecule has 1 atom stereocenters. The zero-order chi connectivity index (χ0) is 18.9. The van der Waals surface area contributed by atoms with E-state index >= 15 is 0 Å². The number of rotatable bonds is 6. The molecule has 1 N–H and O–H groups in total. The number of hydrogen-bond donors (Lipinski definition) is 1. The second-order valence-electron chi connectivity index (χ2n) is 6.64. The lowest BCUT2D eigenvalue weighted by molar-refractivity contribution is 0.555. The summed E-state index contributed by atoms with van der Waals surface area (Å²) >= 11 is 0. The van der Waals surface area contributed by atoms with Crippen LogP contribution in [0.15, 0.2) is 48.5 Å². The third-order valence-corrected chi connectivity index (χ3v) is 6.57. The number of nitrogens with zero attached hydrogens (tertiary/aromatic N) is 2. The molecule has 3 rings (SSSR count). The summed E-state index contributed by atoms with van der Waals surface area (Å²) in [6.07, 6.45) is 0.527. The Balaban J connectivity index is 0.00000261. The highest BCUT2D eigenvalue weighted by atomic mass is 35.5. The van der Waals surface area contributed by atoms with Crippen molar-refractivity contribution < 1.29 is 12.8 Å². The quantitative estimate of drug-likeness (QED) is 0.781. The maximum atomic E-state index is 13.8. The fourth-order valence-electron chi connectivity index (χ4n) is 3.47. The molecule has 0 aromatic heterocycles. The van der Waals surface area contributed by atoms with Crippen LogP contribution >= 0.6 is 12.4 Å². The smallest absolute Gasteiger partial charge is 0.320 e. The Labute approximate surface area is 166 Å². The Bertz CT molecular complexity index is 892. The van der Waals surface area contributed by atoms with Gasteiger partial charge in [0.15, 0.2) is 0 Å². The van der Waals surface area contributed by atoms with Crippen molar-refractivity contribution in [2.24, 2.45) is 0 Å². The molecule has 2 aromatic carbocycles. The molecular formula is C19H25ClFN3O2S. The van der Waals surface area contributed by atoms with Crippen LogP contribution in [0.2, 0.25) is 0 Å². The van der Waals surface area contributed by atoms with E-state index in [1.54, 1.807) is 18.2 Å². The van der Waals surface area contributed by atoms with Crippen LogP contribution in [0.25, 0.3) is 0 Å². The standard InChI is InChI=1S/C19H24FN3O2S.ClH/c1-14(2)22-18-9-4-5-10-19(18)23(26(22,24)25)17(11-12-21-3)15-7-6-8-16(20)13-15;/h4-10,13-14,17,21H,11-12H2,1-3H3;1H/t17-;/m1./s1. The van der Waals surface area contributed by atoms with E-state index in [-0.39, 0.29) is 24.3 Å². The van der Waals surface area contributed by atoms with E-state index in [4.69, 9.17) is 0 Å². The SMILES string of the molecule is CNCC[C@H](c1cccc(F)c1)N1c2ccccc2N(C(C)C)S1(=O)=O.Cl. The fourth-order valence-corrected chi connectivity index (χ4v) is 5.54. The van der Waals surface area contributed by atoms with E-state index in [1.165, 1.54) is 20.7 Å². The monoisotopic (exact) mass is 413 g/mol. The number of para-hydroxylation sites is 2. The van der Waals surface area contributed by atoms with E-state index in [2.05, 4.69) is 5.32 Å². The average molecular weight is 414 g/mol. The number of fused-ring (bicyclic) bond motifs is 1. The van der Waals surface area contributed by atoms with Gasteiger partial charge in [0, 0.05) is 6.04 Å². The maximum Gasteiger partial charge on any atom is 0.327 e. The summed E-state index contributed by atoms with van der Waals surface area (Å²) < 4.78 is 43.5. The van der Waals surface area contributed by atoms with Crippen molar-refractivity contribution in [3.63, 3.8) is 0 Å². The summed E-state index contributed by atoms with van der Waals surface area (Å²) in [6.45, 7) is 4.31. The molecule has 0 bridgehead atoms. The molecule has 1 aliphatic heterocycles. The molecule has 5 nitrogen and oxygen atoms in total. The van der Waals surface area contributed by atoms with E-state index in [9.17, 15) is 12.8 Å². The molecule has 2 aromatic rings. The third-order valence-electron chi connectivity index (χ3n) is 4.51. The number of hydrogen-bond acceptors (Lipinski definition) is 3. The summed E-state index contributed by atoms with van der Waals surface area (Å²) in [5.74, 6) is -0.373. The van der Waals surface area contributed by atoms with Gasteiger partial charge in [-0.15, -0.1) is 12.4 Å². The van der Waals surface area contributed by atoms with Gasteiger partial charge >= 0.3 is 10.2 Å². The molecule has 0 aliphatic carbocycles. The topological polar surface area (TPSA) is 52.6 Å². The van der Waals surface area contributed by atoms with Crippen LogP contribution in [0, 0.1) is 5.82 Å². The Morgan fingerprint density at radius 3 is 2.22 bits per heavy atom. The lowest BCUT2D eigenvalue weighted by atomic mass is 10.0. The molecule has 0 radical (unpaired) electrons. The summed E-state index contributed by atoms with van der Waals surface area (Å²) in [5.41, 5.74) is 1.93. The number of halogens is 2. The first kappa shape index (κ1) is 21.5. The molecule has 0 unspecified atom stereocenters. The van der Waals surface area contributed by atoms with Gasteiger partial charge in [-0.05, 0) is 63.7 Å². The molecule has 0 saturated carbocycles. The minimum atomic E-state index is -3.76. The molecule has 0 fully saturated rings. The Hall–Kier alpha value is -1.83. The first-order valence-corrected chi connectivity index (χ1v) is 10.1. The Morgan fingerprint density at radius 2 is 1.67 bits per heavy atom. The normalized spacial score (nSPS) is 16.2. The van der Waals surface area contributed by atoms with Crippen LogP contribution in [-0.2, 0) is 10.2 Å². The predicted molar refractivity (Wildman–Crippen MR) is 110 cm³/mol. The number of anilines is 2. The van der Waals surface area contributed by atoms with Crippen LogP contribution in [0.1, 0.15) is 31.9 Å². The lowest BCUT2D eigenvalue weighted by Crippen LogP contribution is -2.43. The minimum Gasteiger partial charge on any atom is -0.320 e. The summed E-state index contributed by atoms with van der Waals surface area (Å²) in [6, 6.07) is 12.7. The van der Waals surface area contributed by atoms with E-state index in [0.717, 1.165) is 0 Å². The molecule has 1 aliphatic rings. The van der Waals surface area contributed by atoms with Crippen LogP contribution in [0.4, 0.5) is 15.8 Å². The average Bonchev–Trinajstić information content (AvgIpc) is 2.82. The molecule has 1 heterocycles. The van der Waals surface area contributed by atoms with Gasteiger partial charge in [-0.1, -0.05) is 24.3 Å². The van der Waals surface area contributed by atoms with Crippen molar-refractivity contribution in [2.75, 3.05) is 22.2 Å².